The fraction of sp³-hybridized carbons (Fsp3) is 0.238. The summed E-state index contributed by atoms with van der Waals surface area (Å²) in [7, 11) is 0. The number of hydrogen-bond donors (Lipinski definition) is 2. The largest absolute Gasteiger partial charge is 0.463 e. The van der Waals surface area contributed by atoms with E-state index >= 15 is 0 Å². The van der Waals surface area contributed by atoms with Crippen LogP contribution in [-0.2, 0) is 19.1 Å². The highest BCUT2D eigenvalue weighted by atomic mass is 32.1. The Labute approximate surface area is 177 Å². The minimum Gasteiger partial charge on any atom is -0.463 e. The van der Waals surface area contributed by atoms with Crippen LogP contribution in [0, 0.1) is 6.92 Å². The molecular formula is C21H21N3O5S. The summed E-state index contributed by atoms with van der Waals surface area (Å²) in [5, 5.41) is 7.98. The third-order valence-electron chi connectivity index (χ3n) is 4.17. The highest BCUT2D eigenvalue weighted by Gasteiger charge is 2.34. The predicted octanol–water partition coefficient (Wildman–Crippen LogP) is 2.88. The molecule has 3 rings (SSSR count). The minimum absolute atomic E-state index is 0.167. The SMILES string of the molecule is CCOC(=O)C1=C(COC(=O)/C=C/c2csc(C)n2)NC(=O)NC1c1ccccc1. The summed E-state index contributed by atoms with van der Waals surface area (Å²) in [4.78, 5) is 41.1. The first-order valence-corrected chi connectivity index (χ1v) is 10.2. The van der Waals surface area contributed by atoms with Crippen LogP contribution in [0.1, 0.15) is 29.2 Å². The van der Waals surface area contributed by atoms with Gasteiger partial charge in [-0.1, -0.05) is 30.3 Å². The van der Waals surface area contributed by atoms with Crippen LogP contribution in [0.2, 0.25) is 0 Å². The highest BCUT2D eigenvalue weighted by Crippen LogP contribution is 2.27. The standard InChI is InChI=1S/C21H21N3O5S/c1-3-28-20(26)18-16(11-29-17(25)10-9-15-12-30-13(2)22-15)23-21(27)24-19(18)14-7-5-4-6-8-14/h4-10,12,19H,3,11H2,1-2H3,(H2,23,24,27)/b10-9+. The number of benzene rings is 1. The molecule has 2 heterocycles. The maximum atomic E-state index is 12.6. The van der Waals surface area contributed by atoms with Crippen molar-refractivity contribution < 1.29 is 23.9 Å². The van der Waals surface area contributed by atoms with E-state index in [0.29, 0.717) is 11.3 Å². The maximum Gasteiger partial charge on any atom is 0.338 e. The normalized spacial score (nSPS) is 16.2. The Morgan fingerprint density at radius 1 is 1.23 bits per heavy atom. The lowest BCUT2D eigenvalue weighted by Gasteiger charge is -2.29. The number of amides is 2. The summed E-state index contributed by atoms with van der Waals surface area (Å²) < 4.78 is 10.4. The lowest BCUT2D eigenvalue weighted by atomic mass is 9.95. The van der Waals surface area contributed by atoms with Gasteiger partial charge in [0.25, 0.3) is 0 Å². The fourth-order valence-electron chi connectivity index (χ4n) is 2.88. The molecule has 0 fully saturated rings. The van der Waals surface area contributed by atoms with Crippen LogP contribution in [0.3, 0.4) is 0 Å². The number of nitrogens with one attached hydrogen (secondary N) is 2. The molecule has 1 atom stereocenters. The van der Waals surface area contributed by atoms with E-state index in [0.717, 1.165) is 5.01 Å². The molecule has 1 aromatic heterocycles. The van der Waals surface area contributed by atoms with Gasteiger partial charge in [-0.2, -0.15) is 0 Å². The Hall–Kier alpha value is -3.46. The molecule has 1 unspecified atom stereocenters. The van der Waals surface area contributed by atoms with Crippen LogP contribution in [0.15, 0.2) is 53.1 Å². The molecule has 9 heteroatoms. The molecule has 0 saturated heterocycles. The van der Waals surface area contributed by atoms with Crippen LogP contribution < -0.4 is 10.6 Å². The Morgan fingerprint density at radius 2 is 2.00 bits per heavy atom. The number of aromatic nitrogens is 1. The molecular weight excluding hydrogens is 406 g/mol. The van der Waals surface area contributed by atoms with E-state index in [2.05, 4.69) is 15.6 Å². The summed E-state index contributed by atoms with van der Waals surface area (Å²) >= 11 is 1.47. The molecule has 0 spiro atoms. The Balaban J connectivity index is 1.81. The number of carbonyl (C=O) groups is 3. The number of esters is 2. The van der Waals surface area contributed by atoms with E-state index in [-0.39, 0.29) is 24.5 Å². The van der Waals surface area contributed by atoms with Crippen LogP contribution >= 0.6 is 11.3 Å². The summed E-state index contributed by atoms with van der Waals surface area (Å²) in [6.07, 6.45) is 2.79. The van der Waals surface area contributed by atoms with Gasteiger partial charge in [0.15, 0.2) is 0 Å². The second-order valence-electron chi connectivity index (χ2n) is 6.29. The van der Waals surface area contributed by atoms with Crippen molar-refractivity contribution in [3.05, 3.63) is 69.3 Å². The summed E-state index contributed by atoms with van der Waals surface area (Å²) in [5.41, 5.74) is 1.73. The first kappa shape index (κ1) is 21.3. The zero-order valence-electron chi connectivity index (χ0n) is 16.5. The maximum absolute atomic E-state index is 12.6. The number of carbonyl (C=O) groups excluding carboxylic acids is 3. The van der Waals surface area contributed by atoms with Gasteiger partial charge in [-0.15, -0.1) is 11.3 Å². The molecule has 0 aliphatic carbocycles. The molecule has 0 saturated carbocycles. The van der Waals surface area contributed by atoms with Crippen molar-refractivity contribution in [2.45, 2.75) is 19.9 Å². The molecule has 30 heavy (non-hydrogen) atoms. The van der Waals surface area contributed by atoms with Gasteiger partial charge >= 0.3 is 18.0 Å². The van der Waals surface area contributed by atoms with E-state index in [9.17, 15) is 14.4 Å². The summed E-state index contributed by atoms with van der Waals surface area (Å²) in [6.45, 7) is 3.44. The molecule has 0 radical (unpaired) electrons. The van der Waals surface area contributed by atoms with Gasteiger partial charge in [-0.05, 0) is 25.5 Å². The van der Waals surface area contributed by atoms with E-state index < -0.39 is 24.0 Å². The lowest BCUT2D eigenvalue weighted by molar-refractivity contribution is -0.140. The third-order valence-corrected chi connectivity index (χ3v) is 4.96. The Bertz CT molecular complexity index is 997. The molecule has 1 aromatic carbocycles. The molecule has 2 amide bonds. The highest BCUT2D eigenvalue weighted by molar-refractivity contribution is 7.09. The molecule has 1 aliphatic rings. The van der Waals surface area contributed by atoms with E-state index in [1.54, 1.807) is 37.3 Å². The fourth-order valence-corrected chi connectivity index (χ4v) is 3.46. The van der Waals surface area contributed by atoms with Gasteiger partial charge < -0.3 is 20.1 Å². The molecule has 1 aliphatic heterocycles. The number of rotatable bonds is 7. The Kier molecular flexibility index (Phi) is 6.97. The van der Waals surface area contributed by atoms with E-state index in [4.69, 9.17) is 9.47 Å². The molecule has 2 N–H and O–H groups in total. The van der Waals surface area contributed by atoms with Crippen LogP contribution in [0.25, 0.3) is 6.08 Å². The van der Waals surface area contributed by atoms with Crippen LogP contribution in [0.4, 0.5) is 4.79 Å². The van der Waals surface area contributed by atoms with Gasteiger partial charge in [-0.25, -0.2) is 19.4 Å². The van der Waals surface area contributed by atoms with Crippen molar-refractivity contribution >= 4 is 35.4 Å². The first-order valence-electron chi connectivity index (χ1n) is 9.27. The van der Waals surface area contributed by atoms with Gasteiger partial charge in [0, 0.05) is 11.5 Å². The molecule has 0 bridgehead atoms. The number of urea groups is 1. The van der Waals surface area contributed by atoms with Crippen molar-refractivity contribution in [2.24, 2.45) is 0 Å². The quantitative estimate of drug-likeness (QED) is 0.520. The first-order chi connectivity index (χ1) is 14.5. The van der Waals surface area contributed by atoms with Gasteiger partial charge in [-0.3, -0.25) is 0 Å². The van der Waals surface area contributed by atoms with Crippen molar-refractivity contribution in [1.82, 2.24) is 15.6 Å². The molecule has 2 aromatic rings. The van der Waals surface area contributed by atoms with Gasteiger partial charge in [0.05, 0.1) is 34.6 Å². The number of thiazole rings is 1. The van der Waals surface area contributed by atoms with E-state index in [1.165, 1.54) is 17.4 Å². The van der Waals surface area contributed by atoms with Crippen LogP contribution in [-0.4, -0.2) is 36.2 Å². The predicted molar refractivity (Wildman–Crippen MR) is 111 cm³/mol. The third kappa shape index (κ3) is 5.32. The summed E-state index contributed by atoms with van der Waals surface area (Å²) in [5.74, 6) is -1.22. The van der Waals surface area contributed by atoms with Crippen LogP contribution in [0.5, 0.6) is 0 Å². The zero-order chi connectivity index (χ0) is 21.5. The van der Waals surface area contributed by atoms with Gasteiger partial charge in [0.1, 0.15) is 6.61 Å². The average molecular weight is 427 g/mol. The number of nitrogens with zero attached hydrogens (tertiary/aromatic N) is 1. The van der Waals surface area contributed by atoms with Crippen molar-refractivity contribution in [3.8, 4) is 0 Å². The number of aryl methyl sites for hydroxylation is 1. The summed E-state index contributed by atoms with van der Waals surface area (Å²) in [6, 6.07) is 7.79. The van der Waals surface area contributed by atoms with Crippen molar-refractivity contribution in [3.63, 3.8) is 0 Å². The lowest BCUT2D eigenvalue weighted by Crippen LogP contribution is -2.47. The monoisotopic (exact) mass is 427 g/mol. The van der Waals surface area contributed by atoms with Crippen molar-refractivity contribution in [1.29, 1.82) is 0 Å². The second kappa shape index (κ2) is 9.84. The Morgan fingerprint density at radius 3 is 2.67 bits per heavy atom. The topological polar surface area (TPSA) is 107 Å². The second-order valence-corrected chi connectivity index (χ2v) is 7.35. The number of ether oxygens (including phenoxy) is 2. The smallest absolute Gasteiger partial charge is 0.338 e. The molecule has 156 valence electrons. The number of hydrogen-bond acceptors (Lipinski definition) is 7. The van der Waals surface area contributed by atoms with Crippen molar-refractivity contribution in [2.75, 3.05) is 13.2 Å². The zero-order valence-corrected chi connectivity index (χ0v) is 17.3. The van der Waals surface area contributed by atoms with E-state index in [1.807, 2.05) is 18.4 Å². The van der Waals surface area contributed by atoms with Gasteiger partial charge in [0.2, 0.25) is 0 Å². The minimum atomic E-state index is -0.721. The average Bonchev–Trinajstić information content (AvgIpc) is 3.16. The molecule has 8 nitrogen and oxygen atoms in total.